The molecule has 0 fully saturated rings. The van der Waals surface area contributed by atoms with Gasteiger partial charge in [0.15, 0.2) is 0 Å². The summed E-state index contributed by atoms with van der Waals surface area (Å²) in [6.45, 7) is 3.82. The van der Waals surface area contributed by atoms with Crippen LogP contribution in [0.5, 0.6) is 0 Å². The fraction of sp³-hybridized carbons (Fsp3) is 0.250. The van der Waals surface area contributed by atoms with E-state index in [4.69, 9.17) is 4.42 Å². The first-order valence-electron chi connectivity index (χ1n) is 8.45. The lowest BCUT2D eigenvalue weighted by Gasteiger charge is -2.14. The van der Waals surface area contributed by atoms with Gasteiger partial charge in [-0.1, -0.05) is 29.8 Å². The summed E-state index contributed by atoms with van der Waals surface area (Å²) in [4.78, 5) is 12.1. The first-order chi connectivity index (χ1) is 12.5. The average Bonchev–Trinajstić information content (AvgIpc) is 3.09. The summed E-state index contributed by atoms with van der Waals surface area (Å²) in [7, 11) is 0. The van der Waals surface area contributed by atoms with Crippen LogP contribution in [0.25, 0.3) is 11.5 Å². The SMILES string of the molecule is Cc1ccc(-c2nnc(CCC(=O)NC(C)c3cccc(F)c3)o2)cc1. The van der Waals surface area contributed by atoms with Crippen LogP contribution in [-0.2, 0) is 11.2 Å². The van der Waals surface area contributed by atoms with Crippen molar-refractivity contribution < 1.29 is 13.6 Å². The number of rotatable bonds is 6. The van der Waals surface area contributed by atoms with Gasteiger partial charge in [-0.25, -0.2) is 4.39 Å². The molecule has 0 saturated heterocycles. The molecule has 6 heteroatoms. The molecule has 3 aromatic rings. The van der Waals surface area contributed by atoms with Crippen LogP contribution in [0.15, 0.2) is 52.9 Å². The van der Waals surface area contributed by atoms with Crippen LogP contribution < -0.4 is 5.32 Å². The molecule has 1 atom stereocenters. The van der Waals surface area contributed by atoms with Gasteiger partial charge in [0.25, 0.3) is 0 Å². The second-order valence-corrected chi connectivity index (χ2v) is 6.21. The lowest BCUT2D eigenvalue weighted by atomic mass is 10.1. The summed E-state index contributed by atoms with van der Waals surface area (Å²) in [5, 5.41) is 10.9. The molecule has 3 rings (SSSR count). The predicted octanol–water partition coefficient (Wildman–Crippen LogP) is 3.99. The number of benzene rings is 2. The summed E-state index contributed by atoms with van der Waals surface area (Å²) in [5.74, 6) is 0.373. The molecule has 1 aromatic heterocycles. The number of aryl methyl sites for hydroxylation is 2. The number of carbonyl (C=O) groups excluding carboxylic acids is 1. The highest BCUT2D eigenvalue weighted by Gasteiger charge is 2.13. The smallest absolute Gasteiger partial charge is 0.247 e. The van der Waals surface area contributed by atoms with Crippen molar-refractivity contribution in [2.45, 2.75) is 32.7 Å². The van der Waals surface area contributed by atoms with Crippen molar-refractivity contribution in [1.29, 1.82) is 0 Å². The summed E-state index contributed by atoms with van der Waals surface area (Å²) >= 11 is 0. The third kappa shape index (κ3) is 4.53. The molecule has 0 aliphatic heterocycles. The number of aromatic nitrogens is 2. The Balaban J connectivity index is 1.54. The number of nitrogens with zero attached hydrogens (tertiary/aromatic N) is 2. The summed E-state index contributed by atoms with van der Waals surface area (Å²) in [6.07, 6.45) is 0.565. The van der Waals surface area contributed by atoms with Crippen molar-refractivity contribution in [2.75, 3.05) is 0 Å². The van der Waals surface area contributed by atoms with Crippen molar-refractivity contribution in [2.24, 2.45) is 0 Å². The molecule has 1 unspecified atom stereocenters. The average molecular weight is 353 g/mol. The van der Waals surface area contributed by atoms with E-state index in [1.54, 1.807) is 12.1 Å². The predicted molar refractivity (Wildman–Crippen MR) is 95.7 cm³/mol. The van der Waals surface area contributed by atoms with Crippen LogP contribution in [0.1, 0.15) is 36.4 Å². The first kappa shape index (κ1) is 17.8. The van der Waals surface area contributed by atoms with E-state index in [2.05, 4.69) is 15.5 Å². The molecule has 26 heavy (non-hydrogen) atoms. The van der Waals surface area contributed by atoms with E-state index in [1.165, 1.54) is 12.1 Å². The Bertz CT molecular complexity index is 890. The van der Waals surface area contributed by atoms with E-state index < -0.39 is 0 Å². The molecule has 0 aliphatic carbocycles. The summed E-state index contributed by atoms with van der Waals surface area (Å²) in [6, 6.07) is 13.7. The van der Waals surface area contributed by atoms with Gasteiger partial charge in [-0.3, -0.25) is 4.79 Å². The van der Waals surface area contributed by atoms with Crippen molar-refractivity contribution in [3.8, 4) is 11.5 Å². The van der Waals surface area contributed by atoms with Gasteiger partial charge in [0.2, 0.25) is 17.7 Å². The van der Waals surface area contributed by atoms with Crippen LogP contribution in [-0.4, -0.2) is 16.1 Å². The molecule has 0 saturated carbocycles. The molecule has 0 spiro atoms. The standard InChI is InChI=1S/C20H20FN3O2/c1-13-6-8-15(9-7-13)20-24-23-19(26-20)11-10-18(25)22-14(2)16-4-3-5-17(21)12-16/h3-9,12,14H,10-11H2,1-2H3,(H,22,25). The van der Waals surface area contributed by atoms with Crippen LogP contribution in [0.3, 0.4) is 0 Å². The molecule has 1 N–H and O–H groups in total. The largest absolute Gasteiger partial charge is 0.421 e. The lowest BCUT2D eigenvalue weighted by molar-refractivity contribution is -0.121. The Hall–Kier alpha value is -3.02. The zero-order valence-corrected chi connectivity index (χ0v) is 14.7. The maximum Gasteiger partial charge on any atom is 0.247 e. The lowest BCUT2D eigenvalue weighted by Crippen LogP contribution is -2.26. The van der Waals surface area contributed by atoms with Gasteiger partial charge in [-0.2, -0.15) is 0 Å². The summed E-state index contributed by atoms with van der Waals surface area (Å²) < 4.78 is 18.9. The first-order valence-corrected chi connectivity index (χ1v) is 8.45. The Kier molecular flexibility index (Phi) is 5.41. The van der Waals surface area contributed by atoms with Crippen molar-refractivity contribution in [3.63, 3.8) is 0 Å². The van der Waals surface area contributed by atoms with Crippen LogP contribution in [0.2, 0.25) is 0 Å². The molecular formula is C20H20FN3O2. The van der Waals surface area contributed by atoms with Gasteiger partial charge in [-0.15, -0.1) is 10.2 Å². The van der Waals surface area contributed by atoms with Gasteiger partial charge in [0.1, 0.15) is 5.82 Å². The van der Waals surface area contributed by atoms with E-state index in [0.29, 0.717) is 18.2 Å². The molecule has 1 amide bonds. The van der Waals surface area contributed by atoms with Crippen LogP contribution in [0.4, 0.5) is 4.39 Å². The number of amides is 1. The third-order valence-corrected chi connectivity index (χ3v) is 4.06. The van der Waals surface area contributed by atoms with E-state index in [9.17, 15) is 9.18 Å². The highest BCUT2D eigenvalue weighted by atomic mass is 19.1. The molecule has 0 radical (unpaired) electrons. The highest BCUT2D eigenvalue weighted by Crippen LogP contribution is 2.19. The molecule has 0 bridgehead atoms. The number of halogens is 1. The van der Waals surface area contributed by atoms with Gasteiger partial charge in [-0.05, 0) is 43.7 Å². The molecule has 134 valence electrons. The quantitative estimate of drug-likeness (QED) is 0.727. The number of hydrogen-bond acceptors (Lipinski definition) is 4. The molecule has 1 heterocycles. The Morgan fingerprint density at radius 3 is 2.69 bits per heavy atom. The minimum atomic E-state index is -0.321. The molecular weight excluding hydrogens is 333 g/mol. The van der Waals surface area contributed by atoms with Crippen LogP contribution >= 0.6 is 0 Å². The zero-order chi connectivity index (χ0) is 18.5. The second-order valence-electron chi connectivity index (χ2n) is 6.21. The second kappa shape index (κ2) is 7.91. The molecule has 0 aliphatic rings. The monoisotopic (exact) mass is 353 g/mol. The van der Waals surface area contributed by atoms with Gasteiger partial charge < -0.3 is 9.73 Å². The minimum absolute atomic E-state index is 0.156. The highest BCUT2D eigenvalue weighted by molar-refractivity contribution is 5.76. The van der Waals surface area contributed by atoms with Crippen molar-refractivity contribution >= 4 is 5.91 Å². The van der Waals surface area contributed by atoms with E-state index >= 15 is 0 Å². The zero-order valence-electron chi connectivity index (χ0n) is 14.7. The fourth-order valence-electron chi connectivity index (χ4n) is 2.56. The maximum absolute atomic E-state index is 13.3. The van der Waals surface area contributed by atoms with Crippen LogP contribution in [0, 0.1) is 12.7 Å². The van der Waals surface area contributed by atoms with Crippen molar-refractivity contribution in [1.82, 2.24) is 15.5 Å². The van der Waals surface area contributed by atoms with E-state index in [-0.39, 0.29) is 24.2 Å². The molecule has 5 nitrogen and oxygen atoms in total. The number of carbonyl (C=O) groups is 1. The van der Waals surface area contributed by atoms with E-state index in [1.807, 2.05) is 38.1 Å². The minimum Gasteiger partial charge on any atom is -0.421 e. The third-order valence-electron chi connectivity index (χ3n) is 4.06. The molecule has 2 aromatic carbocycles. The topological polar surface area (TPSA) is 68.0 Å². The fourth-order valence-corrected chi connectivity index (χ4v) is 2.56. The van der Waals surface area contributed by atoms with Gasteiger partial charge >= 0.3 is 0 Å². The summed E-state index contributed by atoms with van der Waals surface area (Å²) in [5.41, 5.74) is 2.72. The number of hydrogen-bond donors (Lipinski definition) is 1. The number of nitrogens with one attached hydrogen (secondary N) is 1. The van der Waals surface area contributed by atoms with Gasteiger partial charge in [0, 0.05) is 18.4 Å². The Morgan fingerprint density at radius 1 is 1.19 bits per heavy atom. The van der Waals surface area contributed by atoms with E-state index in [0.717, 1.165) is 16.7 Å². The van der Waals surface area contributed by atoms with Crippen molar-refractivity contribution in [3.05, 3.63) is 71.4 Å². The Labute approximate surface area is 151 Å². The normalized spacial score (nSPS) is 12.0. The maximum atomic E-state index is 13.3. The Morgan fingerprint density at radius 2 is 1.96 bits per heavy atom. The van der Waals surface area contributed by atoms with Gasteiger partial charge in [0.05, 0.1) is 6.04 Å².